The first-order valence-corrected chi connectivity index (χ1v) is 20.1. The zero-order chi connectivity index (χ0) is 45.5. The number of aliphatic hydroxyl groups excluding tert-OH is 1. The molecule has 0 saturated carbocycles. The Kier molecular flexibility index (Phi) is 19.5. The van der Waals surface area contributed by atoms with Crippen LogP contribution in [0.1, 0.15) is 33.4 Å². The number of alkyl halides is 1. The number of rotatable bonds is 16. The Bertz CT molecular complexity index is 2220. The highest BCUT2D eigenvalue weighted by atomic mass is 35.5. The molecule has 0 radical (unpaired) electrons. The Morgan fingerprint density at radius 2 is 0.762 bits per heavy atom. The minimum atomic E-state index is -0.916. The highest BCUT2D eigenvalue weighted by Crippen LogP contribution is 2.44. The number of aliphatic hydroxyl groups is 1. The number of ether oxygens (including phenoxy) is 7. The first-order chi connectivity index (χ1) is 30.6. The van der Waals surface area contributed by atoms with E-state index in [9.17, 15) is 9.59 Å². The summed E-state index contributed by atoms with van der Waals surface area (Å²) in [6.07, 6.45) is 5.49. The predicted octanol–water partition coefficient (Wildman–Crippen LogP) is 9.68. The van der Waals surface area contributed by atoms with Crippen molar-refractivity contribution in [1.29, 1.82) is 0 Å². The van der Waals surface area contributed by atoms with Crippen molar-refractivity contribution in [3.05, 3.63) is 215 Å². The van der Waals surface area contributed by atoms with Gasteiger partial charge in [0.1, 0.15) is 33.5 Å². The van der Waals surface area contributed by atoms with Gasteiger partial charge in [-0.15, -0.1) is 11.6 Å². The molecule has 11 heteroatoms. The second-order valence-corrected chi connectivity index (χ2v) is 13.9. The fourth-order valence-corrected chi connectivity index (χ4v) is 6.86. The van der Waals surface area contributed by atoms with Gasteiger partial charge in [-0.05, 0) is 81.9 Å². The maximum absolute atomic E-state index is 11.5. The fourth-order valence-electron chi connectivity index (χ4n) is 6.49. The normalized spacial score (nSPS) is 11.0. The smallest absolute Gasteiger partial charge is 0.330 e. The number of methoxy groups -OCH3 is 6. The Balaban J connectivity index is 0.000000241. The van der Waals surface area contributed by atoms with Crippen molar-refractivity contribution in [2.45, 2.75) is 10.5 Å². The van der Waals surface area contributed by atoms with Gasteiger partial charge in [0.2, 0.25) is 0 Å². The van der Waals surface area contributed by atoms with Crippen LogP contribution in [-0.4, -0.2) is 72.9 Å². The molecular formula is C52H53ClO10. The zero-order valence-electron chi connectivity index (χ0n) is 36.2. The van der Waals surface area contributed by atoms with Crippen LogP contribution in [0.4, 0.5) is 0 Å². The number of carbonyl (C=O) groups is 2. The van der Waals surface area contributed by atoms with E-state index in [1.54, 1.807) is 34.5 Å². The second-order valence-electron chi connectivity index (χ2n) is 13.3. The molecular weight excluding hydrogens is 820 g/mol. The van der Waals surface area contributed by atoms with Gasteiger partial charge in [0.05, 0.1) is 55.9 Å². The molecule has 0 unspecified atom stereocenters. The Morgan fingerprint density at radius 1 is 0.460 bits per heavy atom. The molecule has 0 heterocycles. The summed E-state index contributed by atoms with van der Waals surface area (Å²) < 4.78 is 36.7. The average molecular weight is 873 g/mol. The van der Waals surface area contributed by atoms with Gasteiger partial charge in [-0.2, -0.15) is 0 Å². The average Bonchev–Trinajstić information content (AvgIpc) is 3.36. The lowest BCUT2D eigenvalue weighted by atomic mass is 9.80. The van der Waals surface area contributed by atoms with Crippen molar-refractivity contribution >= 4 is 23.5 Å². The molecule has 10 nitrogen and oxygen atoms in total. The van der Waals surface area contributed by atoms with E-state index in [1.165, 1.54) is 32.4 Å². The van der Waals surface area contributed by atoms with E-state index >= 15 is 0 Å². The summed E-state index contributed by atoms with van der Waals surface area (Å²) in [5.41, 5.74) is 4.88. The van der Waals surface area contributed by atoms with Gasteiger partial charge in [0.15, 0.2) is 0 Å². The van der Waals surface area contributed by atoms with E-state index in [2.05, 4.69) is 9.47 Å². The number of carbonyl (C=O) groups excluding carboxylic acids is 2. The summed E-state index contributed by atoms with van der Waals surface area (Å²) in [5.74, 6) is 2.25. The molecule has 0 spiro atoms. The molecule has 0 atom stereocenters. The van der Waals surface area contributed by atoms with Crippen LogP contribution in [0, 0.1) is 0 Å². The molecule has 328 valence electrons. The van der Waals surface area contributed by atoms with Gasteiger partial charge < -0.3 is 38.3 Å². The van der Waals surface area contributed by atoms with E-state index in [4.69, 9.17) is 40.4 Å². The number of benzene rings is 6. The quantitative estimate of drug-likeness (QED) is 0.0436. The van der Waals surface area contributed by atoms with E-state index in [1.807, 2.05) is 158 Å². The monoisotopic (exact) mass is 872 g/mol. The number of hydrogen-bond donors (Lipinski definition) is 1. The third kappa shape index (κ3) is 13.1. The Morgan fingerprint density at radius 3 is 1.10 bits per heavy atom. The number of halogens is 1. The SMILES string of the molecule is COC(=O)/C=C\CO.COC(=O)/C=C\COC(c1ccccc1)(c1ccc(OC)cc1)c1ccc(OC)cc1.COc1ccc(C(Cl)(c2ccccc2)c2ccc(OC)cc2)cc1. The van der Waals surface area contributed by atoms with E-state index < -0.39 is 22.4 Å². The van der Waals surface area contributed by atoms with Gasteiger partial charge in [-0.1, -0.05) is 121 Å². The lowest BCUT2D eigenvalue weighted by Crippen LogP contribution is -2.33. The minimum absolute atomic E-state index is 0.130. The largest absolute Gasteiger partial charge is 0.497 e. The van der Waals surface area contributed by atoms with Gasteiger partial charge in [-0.25, -0.2) is 9.59 Å². The van der Waals surface area contributed by atoms with Crippen LogP contribution in [0.25, 0.3) is 0 Å². The van der Waals surface area contributed by atoms with Gasteiger partial charge in [0, 0.05) is 12.2 Å². The molecule has 0 fully saturated rings. The highest BCUT2D eigenvalue weighted by molar-refractivity contribution is 6.28. The first-order valence-electron chi connectivity index (χ1n) is 19.7. The summed E-state index contributed by atoms with van der Waals surface area (Å²) in [6.45, 7) is 0.0666. The van der Waals surface area contributed by atoms with E-state index in [0.717, 1.165) is 56.4 Å². The maximum Gasteiger partial charge on any atom is 0.330 e. The van der Waals surface area contributed by atoms with Crippen molar-refractivity contribution in [3.8, 4) is 23.0 Å². The lowest BCUT2D eigenvalue weighted by Gasteiger charge is -2.35. The van der Waals surface area contributed by atoms with Crippen LogP contribution in [-0.2, 0) is 34.3 Å². The van der Waals surface area contributed by atoms with Crippen molar-refractivity contribution in [2.24, 2.45) is 0 Å². The third-order valence-electron chi connectivity index (χ3n) is 9.73. The van der Waals surface area contributed by atoms with E-state index in [0.29, 0.717) is 0 Å². The van der Waals surface area contributed by atoms with Crippen molar-refractivity contribution in [2.75, 3.05) is 55.9 Å². The zero-order valence-corrected chi connectivity index (χ0v) is 37.0. The van der Waals surface area contributed by atoms with Crippen LogP contribution in [0.5, 0.6) is 23.0 Å². The summed E-state index contributed by atoms with van der Waals surface area (Å²) in [4.78, 5) is 20.9. The van der Waals surface area contributed by atoms with Gasteiger partial charge >= 0.3 is 11.9 Å². The molecule has 0 aromatic heterocycles. The van der Waals surface area contributed by atoms with E-state index in [-0.39, 0.29) is 13.2 Å². The Labute approximate surface area is 374 Å². The maximum atomic E-state index is 11.5. The molecule has 6 rings (SSSR count). The summed E-state index contributed by atoms with van der Waals surface area (Å²) in [5, 5.41) is 8.12. The minimum Gasteiger partial charge on any atom is -0.497 e. The molecule has 0 aliphatic rings. The van der Waals surface area contributed by atoms with Crippen molar-refractivity contribution in [1.82, 2.24) is 0 Å². The number of hydrogen-bond acceptors (Lipinski definition) is 10. The van der Waals surface area contributed by atoms with Crippen LogP contribution >= 0.6 is 11.6 Å². The van der Waals surface area contributed by atoms with Crippen molar-refractivity contribution < 1.29 is 47.9 Å². The van der Waals surface area contributed by atoms with Crippen LogP contribution < -0.4 is 18.9 Å². The summed E-state index contributed by atoms with van der Waals surface area (Å²) in [6, 6.07) is 51.3. The molecule has 0 saturated heterocycles. The van der Waals surface area contributed by atoms with Gasteiger partial charge in [0.25, 0.3) is 0 Å². The Hall–Kier alpha value is -6.85. The molecule has 0 aliphatic heterocycles. The second kappa shape index (κ2) is 25.2. The highest BCUT2D eigenvalue weighted by Gasteiger charge is 2.38. The van der Waals surface area contributed by atoms with Crippen LogP contribution in [0.3, 0.4) is 0 Å². The van der Waals surface area contributed by atoms with Crippen LogP contribution in [0.2, 0.25) is 0 Å². The molecule has 0 bridgehead atoms. The fraction of sp³-hybridized carbons (Fsp3) is 0.192. The molecule has 0 amide bonds. The predicted molar refractivity (Wildman–Crippen MR) is 246 cm³/mol. The molecule has 6 aromatic rings. The topological polar surface area (TPSA) is 119 Å². The molecule has 0 aliphatic carbocycles. The van der Waals surface area contributed by atoms with Crippen molar-refractivity contribution in [3.63, 3.8) is 0 Å². The summed E-state index contributed by atoms with van der Waals surface area (Å²) in [7, 11) is 9.21. The van der Waals surface area contributed by atoms with Gasteiger partial charge in [-0.3, -0.25) is 0 Å². The standard InChI is InChI=1S/C26H26O5.C21H19ClO2.C5H8O3/c1-28-23-15-11-21(12-16-23)26(20-8-5-4-6-9-20,31-19-7-10-25(27)30-3)22-13-17-24(29-2)18-14-22;1-23-19-12-8-17(9-13-19)21(22,16-6-4-3-5-7-16)18-10-14-20(24-2)15-11-18;1-8-5(7)3-2-4-6/h4-18H,19H2,1-3H3;3-15H,1-2H3;2-3,6H,4H2,1H3/b10-7-;;3-2-. The van der Waals surface area contributed by atoms with Crippen LogP contribution in [0.15, 0.2) is 182 Å². The molecule has 63 heavy (non-hydrogen) atoms. The summed E-state index contributed by atoms with van der Waals surface area (Å²) >= 11 is 7.22. The molecule has 1 N–H and O–H groups in total. The lowest BCUT2D eigenvalue weighted by molar-refractivity contribution is -0.135. The third-order valence-corrected chi connectivity index (χ3v) is 10.4. The first kappa shape index (κ1) is 48.8. The molecule has 6 aromatic carbocycles. The number of esters is 2.